The van der Waals surface area contributed by atoms with Crippen LogP contribution in [0.2, 0.25) is 0 Å². The Balaban J connectivity index is 1.22. The van der Waals surface area contributed by atoms with Crippen LogP contribution in [0.5, 0.6) is 0 Å². The number of para-hydroxylation sites is 2. The van der Waals surface area contributed by atoms with Gasteiger partial charge < -0.3 is 16.0 Å². The van der Waals surface area contributed by atoms with Gasteiger partial charge >= 0.3 is 0 Å². The predicted molar refractivity (Wildman–Crippen MR) is 163 cm³/mol. The summed E-state index contributed by atoms with van der Waals surface area (Å²) in [4.78, 5) is 5.13. The van der Waals surface area contributed by atoms with Crippen LogP contribution in [0.25, 0.3) is 0 Å². The number of nitrogens with one attached hydrogen (secondary N) is 3. The molecule has 3 N–H and O–H groups in total. The van der Waals surface area contributed by atoms with Crippen LogP contribution in [-0.4, -0.2) is 26.2 Å². The molecule has 0 saturated heterocycles. The van der Waals surface area contributed by atoms with Gasteiger partial charge in [0.1, 0.15) is 0 Å². The van der Waals surface area contributed by atoms with Crippen molar-refractivity contribution in [2.75, 3.05) is 36.8 Å². The summed E-state index contributed by atoms with van der Waals surface area (Å²) in [5.41, 5.74) is 7.62. The Morgan fingerprint density at radius 1 is 0.486 bits per heavy atom. The van der Waals surface area contributed by atoms with E-state index in [4.69, 9.17) is 0 Å². The molecule has 4 aromatic rings. The van der Waals surface area contributed by atoms with Gasteiger partial charge in [0.05, 0.1) is 0 Å². The van der Waals surface area contributed by atoms with E-state index in [0.29, 0.717) is 0 Å². The molecule has 37 heavy (non-hydrogen) atoms. The Hall–Kier alpha value is -2.86. The fraction of sp³-hybridized carbons (Fsp3) is 0.250. The predicted octanol–water partition coefficient (Wildman–Crippen LogP) is 8.34. The number of aryl methyl sites for hydroxylation is 4. The smallest absolute Gasteiger partial charge is 0.0482 e. The van der Waals surface area contributed by atoms with Gasteiger partial charge in [-0.05, 0) is 75.2 Å². The first-order valence-electron chi connectivity index (χ1n) is 12.9. The Kier molecular flexibility index (Phi) is 10.0. The molecule has 0 fully saturated rings. The van der Waals surface area contributed by atoms with E-state index < -0.39 is 0 Å². The van der Waals surface area contributed by atoms with Crippen LogP contribution in [0.1, 0.15) is 22.3 Å². The summed E-state index contributed by atoms with van der Waals surface area (Å²) in [5.74, 6) is 0. The summed E-state index contributed by atoms with van der Waals surface area (Å²) in [6, 6.07) is 30.4. The standard InChI is InChI=1S/C32H37N3S2/c1-23-13-15-29(25(3)21-23)36-31-11-7-5-9-27(31)34-19-17-33-18-20-35-28-10-6-8-12-32(28)37-30-16-14-24(2)22-26(30)4/h5-16,21-22,33-35H,17-20H2,1-4H3. The summed E-state index contributed by atoms with van der Waals surface area (Å²) in [5, 5.41) is 10.8. The SMILES string of the molecule is Cc1ccc(Sc2ccccc2NCCNCCNc2ccccc2Sc2ccc(C)cc2C)c(C)c1. The number of rotatable bonds is 12. The minimum absolute atomic E-state index is 0.879. The van der Waals surface area contributed by atoms with Crippen molar-refractivity contribution in [3.8, 4) is 0 Å². The molecule has 3 nitrogen and oxygen atoms in total. The second-order valence-corrected chi connectivity index (χ2v) is 11.5. The van der Waals surface area contributed by atoms with Crippen molar-refractivity contribution in [2.45, 2.75) is 47.3 Å². The maximum Gasteiger partial charge on any atom is 0.0482 e. The first-order chi connectivity index (χ1) is 18.0. The summed E-state index contributed by atoms with van der Waals surface area (Å²) in [6.07, 6.45) is 0. The van der Waals surface area contributed by atoms with Crippen molar-refractivity contribution in [3.63, 3.8) is 0 Å². The van der Waals surface area contributed by atoms with Gasteiger partial charge in [0.2, 0.25) is 0 Å². The van der Waals surface area contributed by atoms with Gasteiger partial charge in [-0.2, -0.15) is 0 Å². The molecule has 0 aliphatic rings. The zero-order valence-corrected chi connectivity index (χ0v) is 23.9. The van der Waals surface area contributed by atoms with E-state index in [1.807, 2.05) is 23.5 Å². The molecule has 0 aliphatic carbocycles. The molecule has 0 unspecified atom stereocenters. The van der Waals surface area contributed by atoms with Crippen LogP contribution in [0.3, 0.4) is 0 Å². The van der Waals surface area contributed by atoms with Crippen LogP contribution in [0, 0.1) is 27.7 Å². The highest BCUT2D eigenvalue weighted by Gasteiger charge is 2.07. The molecule has 0 saturated carbocycles. The maximum absolute atomic E-state index is 3.61. The highest BCUT2D eigenvalue weighted by atomic mass is 32.2. The van der Waals surface area contributed by atoms with E-state index in [1.165, 1.54) is 53.2 Å². The summed E-state index contributed by atoms with van der Waals surface area (Å²) in [6.45, 7) is 12.2. The number of benzene rings is 4. The molecule has 0 aromatic heterocycles. The third-order valence-electron chi connectivity index (χ3n) is 6.11. The molecule has 0 atom stereocenters. The topological polar surface area (TPSA) is 36.1 Å². The Morgan fingerprint density at radius 2 is 0.919 bits per heavy atom. The minimum atomic E-state index is 0.879. The zero-order valence-electron chi connectivity index (χ0n) is 22.2. The molecule has 4 rings (SSSR count). The van der Waals surface area contributed by atoms with Crippen LogP contribution in [0.15, 0.2) is 105 Å². The molecule has 0 bridgehead atoms. The van der Waals surface area contributed by atoms with Crippen LogP contribution < -0.4 is 16.0 Å². The molecule has 0 heterocycles. The number of hydrogen-bond donors (Lipinski definition) is 3. The van der Waals surface area contributed by atoms with Crippen LogP contribution in [-0.2, 0) is 0 Å². The van der Waals surface area contributed by atoms with E-state index in [9.17, 15) is 0 Å². The molecule has 0 radical (unpaired) electrons. The first-order valence-corrected chi connectivity index (χ1v) is 14.5. The van der Waals surface area contributed by atoms with E-state index >= 15 is 0 Å². The van der Waals surface area contributed by atoms with Crippen molar-refractivity contribution in [3.05, 3.63) is 107 Å². The van der Waals surface area contributed by atoms with E-state index in [-0.39, 0.29) is 0 Å². The van der Waals surface area contributed by atoms with Gasteiger partial charge in [0, 0.05) is 57.1 Å². The molecule has 0 aliphatic heterocycles. The Morgan fingerprint density at radius 3 is 1.35 bits per heavy atom. The van der Waals surface area contributed by atoms with Crippen molar-refractivity contribution in [1.82, 2.24) is 5.32 Å². The molecule has 5 heteroatoms. The summed E-state index contributed by atoms with van der Waals surface area (Å²) >= 11 is 3.65. The van der Waals surface area contributed by atoms with Crippen LogP contribution in [0.4, 0.5) is 11.4 Å². The second-order valence-electron chi connectivity index (χ2n) is 9.34. The Labute approximate surface area is 230 Å². The molecule has 4 aromatic carbocycles. The largest absolute Gasteiger partial charge is 0.383 e. The second kappa shape index (κ2) is 13.6. The van der Waals surface area contributed by atoms with Crippen molar-refractivity contribution in [2.24, 2.45) is 0 Å². The average molecular weight is 528 g/mol. The van der Waals surface area contributed by atoms with Crippen molar-refractivity contribution < 1.29 is 0 Å². The zero-order chi connectivity index (χ0) is 26.0. The molecule has 0 spiro atoms. The van der Waals surface area contributed by atoms with Gasteiger partial charge in [-0.3, -0.25) is 0 Å². The third-order valence-corrected chi connectivity index (χ3v) is 8.62. The highest BCUT2D eigenvalue weighted by Crippen LogP contribution is 2.36. The molecular weight excluding hydrogens is 491 g/mol. The van der Waals surface area contributed by atoms with Gasteiger partial charge in [0.15, 0.2) is 0 Å². The quantitative estimate of drug-likeness (QED) is 0.161. The van der Waals surface area contributed by atoms with Gasteiger partial charge in [0.25, 0.3) is 0 Å². The third kappa shape index (κ3) is 8.06. The van der Waals surface area contributed by atoms with Crippen molar-refractivity contribution in [1.29, 1.82) is 0 Å². The lowest BCUT2D eigenvalue weighted by molar-refractivity contribution is 0.718. The van der Waals surface area contributed by atoms with E-state index in [1.54, 1.807) is 0 Å². The Bertz CT molecular complexity index is 1220. The van der Waals surface area contributed by atoms with Crippen LogP contribution >= 0.6 is 23.5 Å². The lowest BCUT2D eigenvalue weighted by Gasteiger charge is -2.15. The van der Waals surface area contributed by atoms with E-state index in [2.05, 4.69) is 129 Å². The average Bonchev–Trinajstić information content (AvgIpc) is 2.88. The molecular formula is C32H37N3S2. The van der Waals surface area contributed by atoms with Gasteiger partial charge in [-0.15, -0.1) is 0 Å². The monoisotopic (exact) mass is 527 g/mol. The number of hydrogen-bond acceptors (Lipinski definition) is 5. The number of anilines is 2. The van der Waals surface area contributed by atoms with Gasteiger partial charge in [-0.1, -0.05) is 83.2 Å². The van der Waals surface area contributed by atoms with Crippen molar-refractivity contribution >= 4 is 34.9 Å². The fourth-order valence-electron chi connectivity index (χ4n) is 4.16. The first kappa shape index (κ1) is 27.2. The lowest BCUT2D eigenvalue weighted by Crippen LogP contribution is -2.27. The highest BCUT2D eigenvalue weighted by molar-refractivity contribution is 7.99. The lowest BCUT2D eigenvalue weighted by atomic mass is 10.2. The maximum atomic E-state index is 3.61. The minimum Gasteiger partial charge on any atom is -0.383 e. The normalized spacial score (nSPS) is 10.9. The molecule has 0 amide bonds. The summed E-state index contributed by atoms with van der Waals surface area (Å²) in [7, 11) is 0. The van der Waals surface area contributed by atoms with Gasteiger partial charge in [-0.25, -0.2) is 0 Å². The fourth-order valence-corrected chi connectivity index (χ4v) is 6.14. The van der Waals surface area contributed by atoms with E-state index in [0.717, 1.165) is 26.2 Å². The molecule has 192 valence electrons. The summed E-state index contributed by atoms with van der Waals surface area (Å²) < 4.78 is 0.